The van der Waals surface area contributed by atoms with E-state index in [9.17, 15) is 0 Å². The van der Waals surface area contributed by atoms with Crippen LogP contribution in [0.15, 0.2) is 33.8 Å². The van der Waals surface area contributed by atoms with Crippen LogP contribution >= 0.6 is 11.6 Å². The topological polar surface area (TPSA) is 74.2 Å². The molecular weight excluding hydrogens is 324 g/mol. The average Bonchev–Trinajstić information content (AvgIpc) is 2.97. The van der Waals surface area contributed by atoms with Gasteiger partial charge in [0.2, 0.25) is 5.69 Å². The molecule has 0 bridgehead atoms. The number of aryl methyl sites for hydroxylation is 1. The van der Waals surface area contributed by atoms with Crippen molar-refractivity contribution in [2.24, 2.45) is 5.10 Å². The first kappa shape index (κ1) is 18.0. The molecule has 0 aliphatic heterocycles. The van der Waals surface area contributed by atoms with Gasteiger partial charge in [-0.15, -0.1) is 0 Å². The van der Waals surface area contributed by atoms with E-state index in [1.165, 1.54) is 19.3 Å². The molecule has 0 atom stereocenters. The van der Waals surface area contributed by atoms with Crippen LogP contribution < -0.4 is 5.43 Å². The standard InChI is InChI=1S/C18H21ClN4O/c1-2-3-4-5-6-10-17-22-16(12-20)18(24-17)23-21-13-14-8-7-9-15(19)11-14/h7-9,11,13,23H,2-6,10H2,1H3/b21-13-. The third-order valence-corrected chi connectivity index (χ3v) is 3.74. The molecule has 1 heterocycles. The highest BCUT2D eigenvalue weighted by molar-refractivity contribution is 6.30. The van der Waals surface area contributed by atoms with Gasteiger partial charge in [0.15, 0.2) is 5.89 Å². The number of oxazole rings is 1. The predicted molar refractivity (Wildman–Crippen MR) is 96.3 cm³/mol. The van der Waals surface area contributed by atoms with Gasteiger partial charge < -0.3 is 4.42 Å². The van der Waals surface area contributed by atoms with Crippen LogP contribution in [0.25, 0.3) is 0 Å². The van der Waals surface area contributed by atoms with Crippen LogP contribution in [0, 0.1) is 11.3 Å². The first-order valence-corrected chi connectivity index (χ1v) is 8.55. The van der Waals surface area contributed by atoms with Crippen LogP contribution in [0.3, 0.4) is 0 Å². The minimum atomic E-state index is 0.224. The van der Waals surface area contributed by atoms with Crippen molar-refractivity contribution in [1.29, 1.82) is 5.26 Å². The molecule has 0 unspecified atom stereocenters. The number of hydrogen-bond donors (Lipinski definition) is 1. The van der Waals surface area contributed by atoms with Gasteiger partial charge in [0.05, 0.1) is 6.21 Å². The van der Waals surface area contributed by atoms with Gasteiger partial charge >= 0.3 is 0 Å². The second-order valence-corrected chi connectivity index (χ2v) is 5.92. The van der Waals surface area contributed by atoms with Crippen molar-refractivity contribution in [1.82, 2.24) is 4.98 Å². The zero-order valence-electron chi connectivity index (χ0n) is 13.8. The van der Waals surface area contributed by atoms with Crippen molar-refractivity contribution in [2.75, 3.05) is 5.43 Å². The van der Waals surface area contributed by atoms with Gasteiger partial charge in [-0.3, -0.25) is 0 Å². The van der Waals surface area contributed by atoms with Gasteiger partial charge in [-0.2, -0.15) is 10.4 Å². The number of aromatic nitrogens is 1. The molecule has 1 aromatic carbocycles. The minimum absolute atomic E-state index is 0.224. The molecule has 2 aromatic rings. The summed E-state index contributed by atoms with van der Waals surface area (Å²) in [6, 6.07) is 9.33. The molecule has 0 aliphatic carbocycles. The number of nitrogens with zero attached hydrogens (tertiary/aromatic N) is 3. The quantitative estimate of drug-likeness (QED) is 0.387. The third-order valence-electron chi connectivity index (χ3n) is 3.50. The number of nitrogens with one attached hydrogen (secondary N) is 1. The molecule has 0 spiro atoms. The van der Waals surface area contributed by atoms with Gasteiger partial charge in [0, 0.05) is 11.4 Å². The first-order valence-electron chi connectivity index (χ1n) is 8.17. The first-order chi connectivity index (χ1) is 11.7. The Balaban J connectivity index is 1.91. The summed E-state index contributed by atoms with van der Waals surface area (Å²) in [6.07, 6.45) is 8.19. The monoisotopic (exact) mass is 344 g/mol. The van der Waals surface area contributed by atoms with Crippen molar-refractivity contribution in [3.05, 3.63) is 46.4 Å². The summed E-state index contributed by atoms with van der Waals surface area (Å²) in [6.45, 7) is 2.19. The molecule has 0 fully saturated rings. The lowest BCUT2D eigenvalue weighted by atomic mass is 10.1. The maximum absolute atomic E-state index is 9.14. The fourth-order valence-electron chi connectivity index (χ4n) is 2.26. The number of hydrogen-bond acceptors (Lipinski definition) is 5. The Morgan fingerprint density at radius 3 is 2.92 bits per heavy atom. The molecule has 0 saturated carbocycles. The normalized spacial score (nSPS) is 10.9. The van der Waals surface area contributed by atoms with E-state index in [1.807, 2.05) is 18.2 Å². The van der Waals surface area contributed by atoms with Crippen molar-refractivity contribution >= 4 is 23.7 Å². The fourth-order valence-corrected chi connectivity index (χ4v) is 2.45. The molecule has 2 rings (SSSR count). The smallest absolute Gasteiger partial charge is 0.252 e. The number of nitriles is 1. The van der Waals surface area contributed by atoms with E-state index in [0.29, 0.717) is 10.9 Å². The second kappa shape index (κ2) is 9.74. The zero-order valence-corrected chi connectivity index (χ0v) is 14.5. The van der Waals surface area contributed by atoms with Crippen LogP contribution in [-0.4, -0.2) is 11.2 Å². The van der Waals surface area contributed by atoms with Crippen LogP contribution in [0.5, 0.6) is 0 Å². The molecule has 0 aliphatic rings. The summed E-state index contributed by atoms with van der Waals surface area (Å²) >= 11 is 5.92. The Morgan fingerprint density at radius 2 is 2.17 bits per heavy atom. The summed E-state index contributed by atoms with van der Waals surface area (Å²) in [5.74, 6) is 0.850. The van der Waals surface area contributed by atoms with Gasteiger partial charge in [-0.25, -0.2) is 10.4 Å². The number of unbranched alkanes of at least 4 members (excludes halogenated alkanes) is 4. The van der Waals surface area contributed by atoms with E-state index >= 15 is 0 Å². The molecule has 6 heteroatoms. The summed E-state index contributed by atoms with van der Waals surface area (Å²) < 4.78 is 5.59. The van der Waals surface area contributed by atoms with E-state index < -0.39 is 0 Å². The lowest BCUT2D eigenvalue weighted by Gasteiger charge is -1.97. The molecule has 5 nitrogen and oxygen atoms in total. The molecule has 1 aromatic heterocycles. The summed E-state index contributed by atoms with van der Waals surface area (Å²) in [5.41, 5.74) is 3.81. The maximum Gasteiger partial charge on any atom is 0.252 e. The van der Waals surface area contributed by atoms with Crippen molar-refractivity contribution < 1.29 is 4.42 Å². The van der Waals surface area contributed by atoms with Crippen molar-refractivity contribution in [2.45, 2.75) is 45.4 Å². The van der Waals surface area contributed by atoms with Crippen molar-refractivity contribution in [3.8, 4) is 6.07 Å². The Labute approximate surface area is 147 Å². The Morgan fingerprint density at radius 1 is 1.33 bits per heavy atom. The molecule has 0 amide bonds. The fraction of sp³-hybridized carbons (Fsp3) is 0.389. The van der Waals surface area contributed by atoms with Crippen LogP contribution in [0.2, 0.25) is 5.02 Å². The number of rotatable bonds is 9. The summed E-state index contributed by atoms with van der Waals surface area (Å²) in [4.78, 5) is 4.20. The SMILES string of the molecule is CCCCCCCc1nc(C#N)c(N/N=C\c2cccc(Cl)c2)o1. The predicted octanol–water partition coefficient (Wildman–Crippen LogP) is 5.16. The van der Waals surface area contributed by atoms with Crippen molar-refractivity contribution in [3.63, 3.8) is 0 Å². The van der Waals surface area contributed by atoms with E-state index in [4.69, 9.17) is 21.3 Å². The number of halogens is 1. The minimum Gasteiger partial charge on any atom is -0.422 e. The third kappa shape index (κ3) is 5.71. The summed E-state index contributed by atoms with van der Waals surface area (Å²) in [5, 5.41) is 13.9. The molecule has 24 heavy (non-hydrogen) atoms. The average molecular weight is 345 g/mol. The second-order valence-electron chi connectivity index (χ2n) is 5.49. The Kier molecular flexibility index (Phi) is 7.31. The van der Waals surface area contributed by atoms with Crippen LogP contribution in [-0.2, 0) is 6.42 Å². The molecule has 126 valence electrons. The zero-order chi connectivity index (χ0) is 17.2. The maximum atomic E-state index is 9.14. The molecule has 0 radical (unpaired) electrons. The van der Waals surface area contributed by atoms with E-state index in [1.54, 1.807) is 18.3 Å². The molecule has 1 N–H and O–H groups in total. The van der Waals surface area contributed by atoms with Gasteiger partial charge in [-0.1, -0.05) is 56.3 Å². The molecule has 0 saturated heterocycles. The van der Waals surface area contributed by atoms with E-state index in [-0.39, 0.29) is 11.6 Å². The van der Waals surface area contributed by atoms with E-state index in [2.05, 4.69) is 22.4 Å². The summed E-state index contributed by atoms with van der Waals surface area (Å²) in [7, 11) is 0. The number of hydrazone groups is 1. The highest BCUT2D eigenvalue weighted by atomic mass is 35.5. The highest BCUT2D eigenvalue weighted by Gasteiger charge is 2.12. The van der Waals surface area contributed by atoms with Gasteiger partial charge in [0.1, 0.15) is 6.07 Å². The Bertz CT molecular complexity index is 718. The Hall–Kier alpha value is -2.32. The highest BCUT2D eigenvalue weighted by Crippen LogP contribution is 2.18. The number of benzene rings is 1. The largest absolute Gasteiger partial charge is 0.422 e. The number of anilines is 1. The lowest BCUT2D eigenvalue weighted by Crippen LogP contribution is -1.91. The van der Waals surface area contributed by atoms with Crippen LogP contribution in [0.1, 0.15) is 56.2 Å². The molecular formula is C18H21ClN4O. The van der Waals surface area contributed by atoms with Crippen LogP contribution in [0.4, 0.5) is 5.88 Å². The van der Waals surface area contributed by atoms with E-state index in [0.717, 1.165) is 24.8 Å². The lowest BCUT2D eigenvalue weighted by molar-refractivity contribution is 0.488. The van der Waals surface area contributed by atoms with Gasteiger partial charge in [0.25, 0.3) is 5.88 Å². The van der Waals surface area contributed by atoms with Gasteiger partial charge in [-0.05, 0) is 24.1 Å².